The monoisotopic (exact) mass is 356 g/mol. The topological polar surface area (TPSA) is 77.4 Å². The lowest BCUT2D eigenvalue weighted by atomic mass is 10.0. The van der Waals surface area contributed by atoms with Crippen LogP contribution in [0.1, 0.15) is 31.0 Å². The van der Waals surface area contributed by atoms with Gasteiger partial charge >= 0.3 is 0 Å². The summed E-state index contributed by atoms with van der Waals surface area (Å²) in [6.45, 7) is 8.94. The lowest BCUT2D eigenvalue weighted by molar-refractivity contribution is -0.117. The molecule has 1 fully saturated rings. The predicted octanol–water partition coefficient (Wildman–Crippen LogP) is 1.76. The molecule has 1 atom stereocenters. The largest absolute Gasteiger partial charge is 0.388 e. The van der Waals surface area contributed by atoms with Crippen molar-refractivity contribution in [3.63, 3.8) is 0 Å². The van der Waals surface area contributed by atoms with E-state index in [1.807, 2.05) is 25.1 Å². The van der Waals surface area contributed by atoms with Crippen LogP contribution in [0.5, 0.6) is 0 Å². The van der Waals surface area contributed by atoms with E-state index in [0.717, 1.165) is 44.8 Å². The highest BCUT2D eigenvalue weighted by atomic mass is 16.5. The van der Waals surface area contributed by atoms with Crippen molar-refractivity contribution >= 4 is 5.91 Å². The maximum Gasteiger partial charge on any atom is 0.263 e. The fourth-order valence-electron chi connectivity index (χ4n) is 2.77. The molecule has 1 heterocycles. The highest BCUT2D eigenvalue weighted by Crippen LogP contribution is 2.14. The quantitative estimate of drug-likeness (QED) is 0.422. The Morgan fingerprint density at radius 1 is 1.35 bits per heavy atom. The van der Waals surface area contributed by atoms with Gasteiger partial charge in [0.05, 0.1) is 19.3 Å². The van der Waals surface area contributed by atoms with Crippen LogP contribution in [0.15, 0.2) is 36.0 Å². The van der Waals surface area contributed by atoms with E-state index >= 15 is 0 Å². The van der Waals surface area contributed by atoms with Crippen LogP contribution in [-0.4, -0.2) is 50.2 Å². The van der Waals surface area contributed by atoms with E-state index in [9.17, 15) is 10.1 Å². The normalized spacial score (nSPS) is 16.6. The van der Waals surface area contributed by atoms with E-state index in [2.05, 4.69) is 34.6 Å². The van der Waals surface area contributed by atoms with Gasteiger partial charge in [-0.3, -0.25) is 9.69 Å². The van der Waals surface area contributed by atoms with E-state index < -0.39 is 0 Å². The number of ether oxygens (including phenoxy) is 1. The Morgan fingerprint density at radius 2 is 2.04 bits per heavy atom. The van der Waals surface area contributed by atoms with Crippen LogP contribution in [0.25, 0.3) is 0 Å². The van der Waals surface area contributed by atoms with Crippen molar-refractivity contribution in [1.82, 2.24) is 15.5 Å². The zero-order valence-electron chi connectivity index (χ0n) is 15.6. The van der Waals surface area contributed by atoms with E-state index in [1.165, 1.54) is 11.8 Å². The number of carbonyl (C=O) groups excluding carboxylic acids is 1. The van der Waals surface area contributed by atoms with Crippen LogP contribution < -0.4 is 10.6 Å². The number of nitrogens with zero attached hydrogens (tertiary/aromatic N) is 2. The van der Waals surface area contributed by atoms with Crippen molar-refractivity contribution in [3.05, 3.63) is 47.2 Å². The minimum atomic E-state index is -0.363. The maximum absolute atomic E-state index is 12.3. The van der Waals surface area contributed by atoms with Crippen LogP contribution in [-0.2, 0) is 16.0 Å². The van der Waals surface area contributed by atoms with Crippen molar-refractivity contribution in [2.24, 2.45) is 0 Å². The number of hydrogen-bond acceptors (Lipinski definition) is 5. The molecule has 0 aromatic heterocycles. The Labute approximate surface area is 155 Å². The molecule has 1 aromatic rings. The second-order valence-corrected chi connectivity index (χ2v) is 6.37. The molecule has 1 aromatic carbocycles. The first-order chi connectivity index (χ1) is 12.6. The fraction of sp³-hybridized carbons (Fsp3) is 0.500. The molecule has 6 heteroatoms. The third-order valence-corrected chi connectivity index (χ3v) is 4.52. The van der Waals surface area contributed by atoms with Gasteiger partial charge in [-0.05, 0) is 24.5 Å². The highest BCUT2D eigenvalue weighted by Gasteiger charge is 2.14. The molecule has 26 heavy (non-hydrogen) atoms. The molecular weight excluding hydrogens is 328 g/mol. The molecule has 140 valence electrons. The van der Waals surface area contributed by atoms with Gasteiger partial charge in [-0.2, -0.15) is 5.26 Å². The number of aryl methyl sites for hydroxylation is 1. The van der Waals surface area contributed by atoms with Crippen molar-refractivity contribution in [2.45, 2.75) is 26.3 Å². The van der Waals surface area contributed by atoms with Crippen molar-refractivity contribution < 1.29 is 9.53 Å². The highest BCUT2D eigenvalue weighted by molar-refractivity contribution is 5.97. The number of benzene rings is 1. The number of carbonyl (C=O) groups is 1. The molecule has 1 amide bonds. The molecule has 1 aliphatic heterocycles. The lowest BCUT2D eigenvalue weighted by Gasteiger charge is -2.26. The average Bonchev–Trinajstić information content (AvgIpc) is 2.68. The van der Waals surface area contributed by atoms with Crippen LogP contribution in [0, 0.1) is 11.3 Å². The SMILES string of the molecule is CCc1ccc(C(C)NC(=O)/C(C#N)=C\NCCN2CCOCC2)cc1. The molecule has 6 nitrogen and oxygen atoms in total. The summed E-state index contributed by atoms with van der Waals surface area (Å²) in [6.07, 6.45) is 2.49. The number of rotatable bonds is 8. The summed E-state index contributed by atoms with van der Waals surface area (Å²) in [5.41, 5.74) is 2.37. The molecule has 1 saturated heterocycles. The van der Waals surface area contributed by atoms with E-state index in [4.69, 9.17) is 4.74 Å². The molecular formula is C20H28N4O2. The first-order valence-corrected chi connectivity index (χ1v) is 9.17. The molecule has 0 bridgehead atoms. The van der Waals surface area contributed by atoms with Gasteiger partial charge in [-0.25, -0.2) is 0 Å². The summed E-state index contributed by atoms with van der Waals surface area (Å²) in [5, 5.41) is 15.2. The zero-order chi connectivity index (χ0) is 18.8. The third-order valence-electron chi connectivity index (χ3n) is 4.52. The Morgan fingerprint density at radius 3 is 2.65 bits per heavy atom. The first kappa shape index (κ1) is 20.0. The number of nitriles is 1. The van der Waals surface area contributed by atoms with Gasteiger partial charge in [0.2, 0.25) is 0 Å². The molecule has 1 aliphatic rings. The Hall–Kier alpha value is -2.36. The Kier molecular flexibility index (Phi) is 8.13. The Balaban J connectivity index is 1.81. The van der Waals surface area contributed by atoms with E-state index in [0.29, 0.717) is 6.54 Å². The summed E-state index contributed by atoms with van der Waals surface area (Å²) in [7, 11) is 0. The zero-order valence-corrected chi connectivity index (χ0v) is 15.6. The van der Waals surface area contributed by atoms with Gasteiger partial charge in [0, 0.05) is 32.4 Å². The molecule has 0 spiro atoms. The van der Waals surface area contributed by atoms with Crippen LogP contribution in [0.3, 0.4) is 0 Å². The molecule has 0 saturated carbocycles. The number of hydrogen-bond donors (Lipinski definition) is 2. The second kappa shape index (κ2) is 10.6. The van der Waals surface area contributed by atoms with E-state index in [-0.39, 0.29) is 17.5 Å². The smallest absolute Gasteiger partial charge is 0.263 e. The van der Waals surface area contributed by atoms with Gasteiger partial charge < -0.3 is 15.4 Å². The summed E-state index contributed by atoms with van der Waals surface area (Å²) in [4.78, 5) is 14.6. The predicted molar refractivity (Wildman–Crippen MR) is 101 cm³/mol. The van der Waals surface area contributed by atoms with Crippen molar-refractivity contribution in [1.29, 1.82) is 5.26 Å². The maximum atomic E-state index is 12.3. The van der Waals surface area contributed by atoms with Gasteiger partial charge in [0.25, 0.3) is 5.91 Å². The van der Waals surface area contributed by atoms with E-state index in [1.54, 1.807) is 0 Å². The average molecular weight is 356 g/mol. The van der Waals surface area contributed by atoms with Gasteiger partial charge in [-0.1, -0.05) is 31.2 Å². The summed E-state index contributed by atoms with van der Waals surface area (Å²) in [5.74, 6) is -0.363. The molecule has 2 N–H and O–H groups in total. The second-order valence-electron chi connectivity index (χ2n) is 6.37. The molecule has 0 aliphatic carbocycles. The molecule has 2 rings (SSSR count). The Bertz CT molecular complexity index is 643. The minimum absolute atomic E-state index is 0.0870. The van der Waals surface area contributed by atoms with Crippen molar-refractivity contribution in [2.75, 3.05) is 39.4 Å². The number of amides is 1. The molecule has 0 radical (unpaired) electrons. The number of nitrogens with one attached hydrogen (secondary N) is 2. The summed E-state index contributed by atoms with van der Waals surface area (Å²) >= 11 is 0. The standard InChI is InChI=1S/C20H28N4O2/c1-3-17-4-6-18(7-5-17)16(2)23-20(25)19(14-21)15-22-8-9-24-10-12-26-13-11-24/h4-7,15-16,22H,3,8-13H2,1-2H3,(H,23,25)/b19-15-. The van der Waals surface area contributed by atoms with Crippen molar-refractivity contribution in [3.8, 4) is 6.07 Å². The molecule has 1 unspecified atom stereocenters. The summed E-state index contributed by atoms with van der Waals surface area (Å²) < 4.78 is 5.31. The third kappa shape index (κ3) is 6.17. The van der Waals surface area contributed by atoms with Gasteiger partial charge in [0.15, 0.2) is 0 Å². The first-order valence-electron chi connectivity index (χ1n) is 9.17. The van der Waals surface area contributed by atoms with Gasteiger partial charge in [0.1, 0.15) is 11.6 Å². The number of morpholine rings is 1. The van der Waals surface area contributed by atoms with Crippen LogP contribution in [0.2, 0.25) is 0 Å². The fourth-order valence-corrected chi connectivity index (χ4v) is 2.77. The van der Waals surface area contributed by atoms with Crippen LogP contribution in [0.4, 0.5) is 0 Å². The van der Waals surface area contributed by atoms with Crippen LogP contribution >= 0.6 is 0 Å². The lowest BCUT2D eigenvalue weighted by Crippen LogP contribution is -2.39. The summed E-state index contributed by atoms with van der Waals surface area (Å²) in [6, 6.07) is 9.97. The minimum Gasteiger partial charge on any atom is -0.388 e. The van der Waals surface area contributed by atoms with Gasteiger partial charge in [-0.15, -0.1) is 0 Å².